The first kappa shape index (κ1) is 14.1. The topological polar surface area (TPSA) is 43.3 Å². The standard InChI is InChI=1S/C17H15FN2O2/c1-20-15-9-12(18)7-6-11(15)8-16(20)17(21)19-13-4-3-5-14(10-13)22-2/h3-10H,1-2H3,(H,19,21). The van der Waals surface area contributed by atoms with Gasteiger partial charge < -0.3 is 14.6 Å². The molecule has 112 valence electrons. The Labute approximate surface area is 127 Å². The van der Waals surface area contributed by atoms with Crippen LogP contribution in [0.25, 0.3) is 10.9 Å². The van der Waals surface area contributed by atoms with Crippen LogP contribution in [-0.2, 0) is 7.05 Å². The van der Waals surface area contributed by atoms with Gasteiger partial charge in [0.25, 0.3) is 5.91 Å². The van der Waals surface area contributed by atoms with Crippen molar-refractivity contribution in [3.05, 3.63) is 60.0 Å². The second kappa shape index (κ2) is 5.52. The summed E-state index contributed by atoms with van der Waals surface area (Å²) in [5, 5.41) is 3.63. The lowest BCUT2D eigenvalue weighted by Gasteiger charge is -2.08. The van der Waals surface area contributed by atoms with E-state index in [1.807, 2.05) is 0 Å². The van der Waals surface area contributed by atoms with Gasteiger partial charge in [0, 0.05) is 24.2 Å². The fourth-order valence-corrected chi connectivity index (χ4v) is 2.42. The van der Waals surface area contributed by atoms with Crippen molar-refractivity contribution in [2.24, 2.45) is 7.05 Å². The lowest BCUT2D eigenvalue weighted by Crippen LogP contribution is -2.15. The second-order valence-corrected chi connectivity index (χ2v) is 4.98. The summed E-state index contributed by atoms with van der Waals surface area (Å²) < 4.78 is 20.1. The molecule has 0 aliphatic carbocycles. The predicted octanol–water partition coefficient (Wildman–Crippen LogP) is 3.58. The van der Waals surface area contributed by atoms with Crippen molar-refractivity contribution in [2.75, 3.05) is 12.4 Å². The summed E-state index contributed by atoms with van der Waals surface area (Å²) in [4.78, 5) is 12.4. The second-order valence-electron chi connectivity index (χ2n) is 4.98. The Morgan fingerprint density at radius 3 is 2.77 bits per heavy atom. The van der Waals surface area contributed by atoms with Gasteiger partial charge in [0.2, 0.25) is 0 Å². The van der Waals surface area contributed by atoms with Crippen molar-refractivity contribution in [1.82, 2.24) is 4.57 Å². The molecule has 0 aliphatic heterocycles. The van der Waals surface area contributed by atoms with Crippen LogP contribution in [0.1, 0.15) is 10.5 Å². The van der Waals surface area contributed by atoms with E-state index in [1.165, 1.54) is 12.1 Å². The van der Waals surface area contributed by atoms with E-state index in [0.29, 0.717) is 22.6 Å². The molecule has 3 aromatic rings. The molecule has 0 atom stereocenters. The van der Waals surface area contributed by atoms with Gasteiger partial charge in [-0.3, -0.25) is 4.79 Å². The van der Waals surface area contributed by atoms with Gasteiger partial charge in [0.05, 0.1) is 12.6 Å². The van der Waals surface area contributed by atoms with Crippen molar-refractivity contribution in [3.63, 3.8) is 0 Å². The quantitative estimate of drug-likeness (QED) is 0.803. The van der Waals surface area contributed by atoms with E-state index in [9.17, 15) is 9.18 Å². The minimum atomic E-state index is -0.326. The summed E-state index contributed by atoms with van der Waals surface area (Å²) in [6.45, 7) is 0. The van der Waals surface area contributed by atoms with Crippen molar-refractivity contribution in [1.29, 1.82) is 0 Å². The molecule has 0 bridgehead atoms. The summed E-state index contributed by atoms with van der Waals surface area (Å²) in [7, 11) is 3.31. The summed E-state index contributed by atoms with van der Waals surface area (Å²) in [6.07, 6.45) is 0. The number of benzene rings is 2. The van der Waals surface area contributed by atoms with Gasteiger partial charge in [-0.05, 0) is 36.4 Å². The van der Waals surface area contributed by atoms with Crippen LogP contribution < -0.4 is 10.1 Å². The van der Waals surface area contributed by atoms with E-state index in [2.05, 4.69) is 5.32 Å². The van der Waals surface area contributed by atoms with Crippen molar-refractivity contribution in [2.45, 2.75) is 0 Å². The first-order chi connectivity index (χ1) is 10.6. The number of aromatic nitrogens is 1. The lowest BCUT2D eigenvalue weighted by molar-refractivity contribution is 0.101. The number of halogens is 1. The molecule has 0 saturated carbocycles. The molecule has 2 aromatic carbocycles. The number of nitrogens with one attached hydrogen (secondary N) is 1. The third kappa shape index (κ3) is 2.53. The van der Waals surface area contributed by atoms with Crippen molar-refractivity contribution >= 4 is 22.5 Å². The fraction of sp³-hybridized carbons (Fsp3) is 0.118. The average molecular weight is 298 g/mol. The summed E-state index contributed by atoms with van der Waals surface area (Å²) in [5.41, 5.74) is 1.78. The smallest absolute Gasteiger partial charge is 0.272 e. The molecule has 0 spiro atoms. The van der Waals surface area contributed by atoms with Crippen LogP contribution in [0.3, 0.4) is 0 Å². The lowest BCUT2D eigenvalue weighted by atomic mass is 10.2. The maximum absolute atomic E-state index is 13.3. The number of fused-ring (bicyclic) bond motifs is 1. The Morgan fingerprint density at radius 2 is 2.00 bits per heavy atom. The Bertz CT molecular complexity index is 855. The molecule has 4 nitrogen and oxygen atoms in total. The number of carbonyl (C=O) groups is 1. The summed E-state index contributed by atoms with van der Waals surface area (Å²) in [5.74, 6) is 0.0812. The van der Waals surface area contributed by atoms with Gasteiger partial charge in [0.1, 0.15) is 17.3 Å². The van der Waals surface area contributed by atoms with Crippen LogP contribution in [0, 0.1) is 5.82 Å². The van der Waals surface area contributed by atoms with E-state index in [-0.39, 0.29) is 11.7 Å². The van der Waals surface area contributed by atoms with Gasteiger partial charge in [-0.25, -0.2) is 4.39 Å². The molecule has 1 aromatic heterocycles. The number of ether oxygens (including phenoxy) is 1. The van der Waals surface area contributed by atoms with Crippen LogP contribution in [0.5, 0.6) is 5.75 Å². The van der Waals surface area contributed by atoms with Crippen molar-refractivity contribution in [3.8, 4) is 5.75 Å². The first-order valence-corrected chi connectivity index (χ1v) is 6.79. The number of hydrogen-bond acceptors (Lipinski definition) is 2. The first-order valence-electron chi connectivity index (χ1n) is 6.79. The summed E-state index contributed by atoms with van der Waals surface area (Å²) >= 11 is 0. The van der Waals surface area contributed by atoms with Gasteiger partial charge in [-0.15, -0.1) is 0 Å². The van der Waals surface area contributed by atoms with Crippen molar-refractivity contribution < 1.29 is 13.9 Å². The van der Waals surface area contributed by atoms with E-state index < -0.39 is 0 Å². The van der Waals surface area contributed by atoms with Gasteiger partial charge in [0.15, 0.2) is 0 Å². The van der Waals surface area contributed by atoms with Gasteiger partial charge >= 0.3 is 0 Å². The molecule has 0 saturated heterocycles. The summed E-state index contributed by atoms with van der Waals surface area (Å²) in [6, 6.07) is 13.3. The predicted molar refractivity (Wildman–Crippen MR) is 83.8 cm³/mol. The number of anilines is 1. The molecule has 1 amide bonds. The Hall–Kier alpha value is -2.82. The maximum Gasteiger partial charge on any atom is 0.272 e. The third-order valence-electron chi connectivity index (χ3n) is 3.57. The van der Waals surface area contributed by atoms with Crippen LogP contribution in [0.2, 0.25) is 0 Å². The molecular weight excluding hydrogens is 283 g/mol. The zero-order valence-corrected chi connectivity index (χ0v) is 12.3. The monoisotopic (exact) mass is 298 g/mol. The molecule has 5 heteroatoms. The molecule has 22 heavy (non-hydrogen) atoms. The zero-order valence-electron chi connectivity index (χ0n) is 12.3. The number of amides is 1. The van der Waals surface area contributed by atoms with Gasteiger partial charge in [-0.1, -0.05) is 6.07 Å². The number of aryl methyl sites for hydroxylation is 1. The van der Waals surface area contributed by atoms with E-state index in [4.69, 9.17) is 4.74 Å². The Balaban J connectivity index is 1.93. The number of hydrogen-bond donors (Lipinski definition) is 1. The number of nitrogens with zero attached hydrogens (tertiary/aromatic N) is 1. The average Bonchev–Trinajstić information content (AvgIpc) is 2.84. The highest BCUT2D eigenvalue weighted by atomic mass is 19.1. The molecule has 0 unspecified atom stereocenters. The van der Waals surface area contributed by atoms with E-state index in [0.717, 1.165) is 5.39 Å². The van der Waals surface area contributed by atoms with Gasteiger partial charge in [-0.2, -0.15) is 0 Å². The number of carbonyl (C=O) groups excluding carboxylic acids is 1. The Kier molecular flexibility index (Phi) is 3.55. The molecule has 1 heterocycles. The molecule has 0 aliphatic rings. The molecule has 3 rings (SSSR count). The minimum Gasteiger partial charge on any atom is -0.497 e. The van der Waals surface area contributed by atoms with Crippen LogP contribution in [0.4, 0.5) is 10.1 Å². The van der Waals surface area contributed by atoms with Crippen LogP contribution in [0.15, 0.2) is 48.5 Å². The fourth-order valence-electron chi connectivity index (χ4n) is 2.42. The maximum atomic E-state index is 13.3. The third-order valence-corrected chi connectivity index (χ3v) is 3.57. The van der Waals surface area contributed by atoms with Crippen LogP contribution >= 0.6 is 0 Å². The molecule has 0 radical (unpaired) electrons. The Morgan fingerprint density at radius 1 is 1.18 bits per heavy atom. The number of rotatable bonds is 3. The molecular formula is C17H15FN2O2. The highest BCUT2D eigenvalue weighted by Gasteiger charge is 2.14. The molecule has 0 fully saturated rings. The zero-order chi connectivity index (χ0) is 15.7. The number of methoxy groups -OCH3 is 1. The SMILES string of the molecule is COc1cccc(NC(=O)c2cc3ccc(F)cc3n2C)c1. The highest BCUT2D eigenvalue weighted by Crippen LogP contribution is 2.22. The normalized spacial score (nSPS) is 10.7. The highest BCUT2D eigenvalue weighted by molar-refractivity contribution is 6.06. The largest absolute Gasteiger partial charge is 0.497 e. The minimum absolute atomic E-state index is 0.257. The van der Waals surface area contributed by atoms with E-state index >= 15 is 0 Å². The molecule has 1 N–H and O–H groups in total. The van der Waals surface area contributed by atoms with E-state index in [1.54, 1.807) is 55.1 Å². The van der Waals surface area contributed by atoms with Crippen LogP contribution in [-0.4, -0.2) is 17.6 Å².